The molecule has 98 valence electrons. The van der Waals surface area contributed by atoms with Crippen molar-refractivity contribution in [2.24, 2.45) is 0 Å². The normalized spacial score (nSPS) is 13.3. The fraction of sp³-hybridized carbons (Fsp3) is 0.615. The minimum Gasteiger partial charge on any atom is -0.243 e. The van der Waals surface area contributed by atoms with Gasteiger partial charge in [0.1, 0.15) is 5.52 Å². The van der Waals surface area contributed by atoms with Crippen molar-refractivity contribution in [3.05, 3.63) is 17.2 Å². The van der Waals surface area contributed by atoms with Crippen LogP contribution in [0.5, 0.6) is 0 Å². The first-order valence-electron chi connectivity index (χ1n) is 5.95. The molecule has 2 aromatic heterocycles. The molecule has 0 aliphatic heterocycles. The quantitative estimate of drug-likeness (QED) is 0.674. The van der Waals surface area contributed by atoms with Crippen LogP contribution in [-0.4, -0.2) is 15.3 Å². The molecule has 0 aromatic carbocycles. The van der Waals surface area contributed by atoms with Crippen LogP contribution in [-0.2, 0) is 10.8 Å². The summed E-state index contributed by atoms with van der Waals surface area (Å²) in [4.78, 5) is 4.08. The summed E-state index contributed by atoms with van der Waals surface area (Å²) in [7, 11) is 0. The summed E-state index contributed by atoms with van der Waals surface area (Å²) in [5.74, 6) is -0.490. The molecule has 18 heavy (non-hydrogen) atoms. The Morgan fingerprint density at radius 3 is 1.94 bits per heavy atom. The first-order valence-corrected chi connectivity index (χ1v) is 5.95. The molecule has 2 aromatic rings. The lowest BCUT2D eigenvalue weighted by atomic mass is 9.84. The molecular weight excluding hydrogens is 233 g/mol. The van der Waals surface area contributed by atoms with Crippen molar-refractivity contribution in [1.82, 2.24) is 15.3 Å². The van der Waals surface area contributed by atoms with Gasteiger partial charge in [0.2, 0.25) is 5.95 Å². The SMILES string of the molecule is CC(C)(C)c1nc(F)c(C(C)(C)C)c2nonc12. The van der Waals surface area contributed by atoms with E-state index in [0.717, 1.165) is 0 Å². The maximum absolute atomic E-state index is 14.3. The van der Waals surface area contributed by atoms with E-state index in [1.54, 1.807) is 0 Å². The van der Waals surface area contributed by atoms with Gasteiger partial charge < -0.3 is 0 Å². The number of hydrogen-bond acceptors (Lipinski definition) is 4. The van der Waals surface area contributed by atoms with Crippen LogP contribution in [0.4, 0.5) is 4.39 Å². The van der Waals surface area contributed by atoms with Gasteiger partial charge in [-0.25, -0.2) is 9.61 Å². The zero-order valence-electron chi connectivity index (χ0n) is 11.6. The third-order valence-electron chi connectivity index (χ3n) is 2.83. The van der Waals surface area contributed by atoms with Gasteiger partial charge in [0.05, 0.1) is 5.69 Å². The van der Waals surface area contributed by atoms with E-state index in [4.69, 9.17) is 4.63 Å². The molecule has 0 amide bonds. The van der Waals surface area contributed by atoms with Crippen LogP contribution in [0.1, 0.15) is 52.8 Å². The van der Waals surface area contributed by atoms with Crippen molar-refractivity contribution < 1.29 is 9.02 Å². The van der Waals surface area contributed by atoms with E-state index in [0.29, 0.717) is 22.3 Å². The van der Waals surface area contributed by atoms with Crippen LogP contribution < -0.4 is 0 Å². The number of pyridine rings is 1. The highest BCUT2D eigenvalue weighted by Gasteiger charge is 2.31. The lowest BCUT2D eigenvalue weighted by Gasteiger charge is -2.23. The van der Waals surface area contributed by atoms with Crippen molar-refractivity contribution in [3.63, 3.8) is 0 Å². The van der Waals surface area contributed by atoms with Crippen LogP contribution in [0.3, 0.4) is 0 Å². The van der Waals surface area contributed by atoms with Crippen LogP contribution in [0.2, 0.25) is 0 Å². The molecule has 0 N–H and O–H groups in total. The zero-order chi connectivity index (χ0) is 13.7. The number of fused-ring (bicyclic) bond motifs is 1. The molecule has 2 heterocycles. The van der Waals surface area contributed by atoms with Crippen LogP contribution >= 0.6 is 0 Å². The number of rotatable bonds is 0. The van der Waals surface area contributed by atoms with E-state index in [9.17, 15) is 4.39 Å². The van der Waals surface area contributed by atoms with Gasteiger partial charge in [-0.05, 0) is 15.7 Å². The third kappa shape index (κ3) is 1.98. The molecule has 0 aliphatic carbocycles. The minimum absolute atomic E-state index is 0.311. The van der Waals surface area contributed by atoms with Gasteiger partial charge >= 0.3 is 0 Å². The third-order valence-corrected chi connectivity index (χ3v) is 2.83. The van der Waals surface area contributed by atoms with Crippen molar-refractivity contribution >= 4 is 11.0 Å². The molecule has 0 spiro atoms. The van der Waals surface area contributed by atoms with E-state index in [-0.39, 0.29) is 5.41 Å². The van der Waals surface area contributed by atoms with E-state index >= 15 is 0 Å². The van der Waals surface area contributed by atoms with E-state index in [1.165, 1.54) is 0 Å². The van der Waals surface area contributed by atoms with E-state index < -0.39 is 11.4 Å². The lowest BCUT2D eigenvalue weighted by molar-refractivity contribution is 0.314. The molecule has 0 saturated carbocycles. The van der Waals surface area contributed by atoms with Gasteiger partial charge in [-0.15, -0.1) is 0 Å². The standard InChI is InChI=1S/C13H18FN3O/c1-12(2,3)7-8-9(17-18-16-8)10(13(4,5)6)15-11(7)14/h1-6H3. The summed E-state index contributed by atoms with van der Waals surface area (Å²) in [6.45, 7) is 11.6. The summed E-state index contributed by atoms with van der Waals surface area (Å²) in [5, 5.41) is 7.74. The highest BCUT2D eigenvalue weighted by molar-refractivity contribution is 5.80. The molecule has 0 atom stereocenters. The predicted octanol–water partition coefficient (Wildman–Crippen LogP) is 3.35. The molecule has 0 saturated heterocycles. The highest BCUT2D eigenvalue weighted by atomic mass is 19.1. The maximum Gasteiger partial charge on any atom is 0.219 e. The number of halogens is 1. The Hall–Kier alpha value is -1.52. The molecule has 0 bridgehead atoms. The lowest BCUT2D eigenvalue weighted by Crippen LogP contribution is -2.21. The summed E-state index contributed by atoms with van der Waals surface area (Å²) >= 11 is 0. The summed E-state index contributed by atoms with van der Waals surface area (Å²) in [5.41, 5.74) is 1.34. The second-order valence-electron chi connectivity index (χ2n) is 6.59. The van der Waals surface area contributed by atoms with Gasteiger partial charge in [-0.2, -0.15) is 4.39 Å². The number of hydrogen-bond donors (Lipinski definition) is 0. The van der Waals surface area contributed by atoms with E-state index in [1.807, 2.05) is 41.5 Å². The van der Waals surface area contributed by atoms with Gasteiger partial charge in [0, 0.05) is 11.0 Å². The van der Waals surface area contributed by atoms with Gasteiger partial charge in [0.25, 0.3) is 0 Å². The Labute approximate surface area is 106 Å². The van der Waals surface area contributed by atoms with E-state index in [2.05, 4.69) is 15.3 Å². The van der Waals surface area contributed by atoms with Crippen molar-refractivity contribution in [1.29, 1.82) is 0 Å². The van der Waals surface area contributed by atoms with Crippen molar-refractivity contribution in [2.75, 3.05) is 0 Å². The monoisotopic (exact) mass is 251 g/mol. The number of nitrogens with zero attached hydrogens (tertiary/aromatic N) is 3. The maximum atomic E-state index is 14.3. The smallest absolute Gasteiger partial charge is 0.219 e. The summed E-state index contributed by atoms with van der Waals surface area (Å²) in [6.07, 6.45) is 0. The van der Waals surface area contributed by atoms with Crippen molar-refractivity contribution in [3.8, 4) is 0 Å². The predicted molar refractivity (Wildman–Crippen MR) is 67.0 cm³/mol. The molecule has 0 fully saturated rings. The Balaban J connectivity index is 2.87. The topological polar surface area (TPSA) is 51.8 Å². The highest BCUT2D eigenvalue weighted by Crippen LogP contribution is 2.34. The van der Waals surface area contributed by atoms with Crippen molar-refractivity contribution in [2.45, 2.75) is 52.4 Å². The number of aromatic nitrogens is 3. The first-order chi connectivity index (χ1) is 8.12. The minimum atomic E-state index is -0.490. The second kappa shape index (κ2) is 3.73. The molecule has 0 unspecified atom stereocenters. The molecule has 2 rings (SSSR count). The first kappa shape index (κ1) is 12.9. The molecule has 4 nitrogen and oxygen atoms in total. The molecule has 0 aliphatic rings. The van der Waals surface area contributed by atoms with Gasteiger partial charge in [-0.1, -0.05) is 41.5 Å². The van der Waals surface area contributed by atoms with Gasteiger partial charge in [-0.3, -0.25) is 0 Å². The molecule has 0 radical (unpaired) electrons. The Kier molecular flexibility index (Phi) is 2.68. The molecule has 5 heteroatoms. The molecular formula is C13H18FN3O. The summed E-state index contributed by atoms with van der Waals surface area (Å²) in [6, 6.07) is 0. The van der Waals surface area contributed by atoms with Crippen LogP contribution in [0.25, 0.3) is 11.0 Å². The van der Waals surface area contributed by atoms with Crippen LogP contribution in [0, 0.1) is 5.95 Å². The second-order valence-corrected chi connectivity index (χ2v) is 6.59. The Morgan fingerprint density at radius 2 is 1.44 bits per heavy atom. The van der Waals surface area contributed by atoms with Crippen LogP contribution in [0.15, 0.2) is 4.63 Å². The Bertz CT molecular complexity index is 591. The fourth-order valence-electron chi connectivity index (χ4n) is 2.00. The average molecular weight is 251 g/mol. The van der Waals surface area contributed by atoms with Gasteiger partial charge in [0.15, 0.2) is 5.52 Å². The fourth-order valence-corrected chi connectivity index (χ4v) is 2.00. The zero-order valence-corrected chi connectivity index (χ0v) is 11.6. The summed E-state index contributed by atoms with van der Waals surface area (Å²) < 4.78 is 19.0. The average Bonchev–Trinajstić information content (AvgIpc) is 2.60. The Morgan fingerprint density at radius 1 is 0.889 bits per heavy atom. The largest absolute Gasteiger partial charge is 0.243 e.